The number of H-pyrrole nitrogens is 1. The van der Waals surface area contributed by atoms with Crippen molar-refractivity contribution in [2.24, 2.45) is 0 Å². The molecule has 6 rings (SSSR count). The number of hydrogen-bond acceptors (Lipinski definition) is 5. The van der Waals surface area contributed by atoms with Crippen LogP contribution in [0, 0.1) is 0 Å². The third-order valence-corrected chi connectivity index (χ3v) is 7.19. The normalized spacial score (nSPS) is 21.0. The largest absolute Gasteiger partial charge is 0.497 e. The van der Waals surface area contributed by atoms with Gasteiger partial charge in [-0.2, -0.15) is 0 Å². The standard InChI is InChI=1S/C28H28N4O3/c1-34-22-9-11-24-25(17-22)30-27(29-24)23-10-8-19(15-26(23)35-2)28(33)32-20-12-13-31(32)21(16-20)14-18-6-4-3-5-7-18/h3-11,15,17,20-21H,12-14,16H2,1-2H3,(H,29,30). The Bertz CT molecular complexity index is 1380. The van der Waals surface area contributed by atoms with Gasteiger partial charge >= 0.3 is 0 Å². The third kappa shape index (κ3) is 3.82. The van der Waals surface area contributed by atoms with Crippen LogP contribution in [0.3, 0.4) is 0 Å². The van der Waals surface area contributed by atoms with E-state index in [9.17, 15) is 4.79 Å². The number of rotatable bonds is 6. The van der Waals surface area contributed by atoms with Gasteiger partial charge in [0, 0.05) is 24.2 Å². The summed E-state index contributed by atoms with van der Waals surface area (Å²) >= 11 is 0. The molecule has 7 heteroatoms. The van der Waals surface area contributed by atoms with Crippen molar-refractivity contribution in [1.82, 2.24) is 20.0 Å². The van der Waals surface area contributed by atoms with Gasteiger partial charge in [0.1, 0.15) is 17.3 Å². The minimum absolute atomic E-state index is 0.0299. The Morgan fingerprint density at radius 3 is 2.71 bits per heavy atom. The predicted octanol–water partition coefficient (Wildman–Crippen LogP) is 4.69. The lowest BCUT2D eigenvalue weighted by molar-refractivity contribution is 0.0197. The first kappa shape index (κ1) is 21.7. The highest BCUT2D eigenvalue weighted by molar-refractivity contribution is 5.96. The molecule has 0 aliphatic carbocycles. The first-order valence-electron chi connectivity index (χ1n) is 12.0. The van der Waals surface area contributed by atoms with Crippen LogP contribution in [-0.4, -0.2) is 58.7 Å². The zero-order chi connectivity index (χ0) is 23.9. The molecule has 3 aromatic carbocycles. The maximum Gasteiger partial charge on any atom is 0.268 e. The number of nitrogens with one attached hydrogen (secondary N) is 1. The molecule has 0 saturated carbocycles. The van der Waals surface area contributed by atoms with Crippen LogP contribution in [0.25, 0.3) is 22.4 Å². The molecule has 7 nitrogen and oxygen atoms in total. The SMILES string of the molecule is COc1ccc2nc(-c3ccc(C(=O)N4C5CCN4C(Cc4ccccc4)C5)cc3OC)[nH]c2c1. The van der Waals surface area contributed by atoms with Gasteiger partial charge in [0.2, 0.25) is 0 Å². The highest BCUT2D eigenvalue weighted by atomic mass is 16.5. The lowest BCUT2D eigenvalue weighted by atomic mass is 9.97. The third-order valence-electron chi connectivity index (χ3n) is 7.19. The van der Waals surface area contributed by atoms with Crippen LogP contribution in [0.15, 0.2) is 66.7 Å². The maximum atomic E-state index is 13.6. The minimum Gasteiger partial charge on any atom is -0.497 e. The molecule has 0 spiro atoms. The lowest BCUT2D eigenvalue weighted by Gasteiger charge is -2.28. The van der Waals surface area contributed by atoms with Gasteiger partial charge in [0.25, 0.3) is 5.91 Å². The van der Waals surface area contributed by atoms with Crippen LogP contribution in [0.4, 0.5) is 0 Å². The number of ether oxygens (including phenoxy) is 2. The molecule has 1 amide bonds. The molecule has 2 fully saturated rings. The molecule has 35 heavy (non-hydrogen) atoms. The molecular formula is C28H28N4O3. The Morgan fingerprint density at radius 1 is 1.06 bits per heavy atom. The summed E-state index contributed by atoms with van der Waals surface area (Å²) in [7, 11) is 3.27. The van der Waals surface area contributed by atoms with Crippen molar-refractivity contribution in [2.75, 3.05) is 20.8 Å². The number of methoxy groups -OCH3 is 2. The first-order chi connectivity index (χ1) is 17.1. The van der Waals surface area contributed by atoms with Crippen molar-refractivity contribution in [3.05, 3.63) is 77.9 Å². The fourth-order valence-electron chi connectivity index (χ4n) is 5.49. The molecular weight excluding hydrogens is 440 g/mol. The summed E-state index contributed by atoms with van der Waals surface area (Å²) in [5.74, 6) is 2.10. The summed E-state index contributed by atoms with van der Waals surface area (Å²) in [6, 6.07) is 22.5. The smallest absolute Gasteiger partial charge is 0.268 e. The summed E-state index contributed by atoms with van der Waals surface area (Å²) in [5.41, 5.74) is 4.47. The molecule has 1 N–H and O–H groups in total. The van der Waals surface area contributed by atoms with Gasteiger partial charge in [-0.1, -0.05) is 30.3 Å². The monoisotopic (exact) mass is 468 g/mol. The highest BCUT2D eigenvalue weighted by Crippen LogP contribution is 2.38. The van der Waals surface area contributed by atoms with E-state index in [2.05, 4.69) is 34.3 Å². The Hall–Kier alpha value is -3.84. The van der Waals surface area contributed by atoms with Gasteiger partial charge in [-0.05, 0) is 55.2 Å². The zero-order valence-corrected chi connectivity index (χ0v) is 19.9. The van der Waals surface area contributed by atoms with Crippen LogP contribution in [0.5, 0.6) is 11.5 Å². The predicted molar refractivity (Wildman–Crippen MR) is 134 cm³/mol. The maximum absolute atomic E-state index is 13.6. The van der Waals surface area contributed by atoms with Crippen molar-refractivity contribution in [3.63, 3.8) is 0 Å². The Kier molecular flexibility index (Phi) is 5.41. The van der Waals surface area contributed by atoms with E-state index < -0.39 is 0 Å². The van der Waals surface area contributed by atoms with Crippen molar-refractivity contribution < 1.29 is 14.3 Å². The van der Waals surface area contributed by atoms with Gasteiger partial charge in [0.05, 0.1) is 36.9 Å². The van der Waals surface area contributed by atoms with Gasteiger partial charge < -0.3 is 14.5 Å². The van der Waals surface area contributed by atoms with E-state index in [0.29, 0.717) is 23.2 Å². The number of carbonyl (C=O) groups is 1. The van der Waals surface area contributed by atoms with E-state index >= 15 is 0 Å². The van der Waals surface area contributed by atoms with Crippen LogP contribution >= 0.6 is 0 Å². The number of piperidine rings is 1. The Labute approximate surface area is 204 Å². The second-order valence-corrected chi connectivity index (χ2v) is 9.22. The van der Waals surface area contributed by atoms with E-state index in [4.69, 9.17) is 14.5 Å². The van der Waals surface area contributed by atoms with E-state index in [-0.39, 0.29) is 11.9 Å². The summed E-state index contributed by atoms with van der Waals surface area (Å²) < 4.78 is 11.0. The molecule has 2 aliphatic heterocycles. The lowest BCUT2D eigenvalue weighted by Crippen LogP contribution is -2.42. The van der Waals surface area contributed by atoms with E-state index in [1.54, 1.807) is 14.2 Å². The van der Waals surface area contributed by atoms with Crippen LogP contribution in [0.1, 0.15) is 28.8 Å². The molecule has 0 radical (unpaired) electrons. The summed E-state index contributed by atoms with van der Waals surface area (Å²) in [5, 5.41) is 4.25. The molecule has 2 bridgehead atoms. The number of fused-ring (bicyclic) bond motifs is 3. The molecule has 2 aliphatic rings. The average molecular weight is 469 g/mol. The average Bonchev–Trinajstić information content (AvgIpc) is 3.60. The van der Waals surface area contributed by atoms with Gasteiger partial charge in [-0.15, -0.1) is 0 Å². The van der Waals surface area contributed by atoms with E-state index in [1.165, 1.54) is 5.56 Å². The Morgan fingerprint density at radius 2 is 1.91 bits per heavy atom. The summed E-state index contributed by atoms with van der Waals surface area (Å²) in [4.78, 5) is 21.7. The number of hydrogen-bond donors (Lipinski definition) is 1. The Balaban J connectivity index is 1.26. The van der Waals surface area contributed by atoms with Crippen LogP contribution in [-0.2, 0) is 6.42 Å². The summed E-state index contributed by atoms with van der Waals surface area (Å²) in [6.07, 6.45) is 2.99. The number of amides is 1. The van der Waals surface area contributed by atoms with Crippen molar-refractivity contribution in [1.29, 1.82) is 0 Å². The topological polar surface area (TPSA) is 70.7 Å². The van der Waals surface area contributed by atoms with Crippen LogP contribution < -0.4 is 9.47 Å². The number of benzene rings is 3. The van der Waals surface area contributed by atoms with E-state index in [1.807, 2.05) is 47.5 Å². The molecule has 1 aromatic heterocycles. The minimum atomic E-state index is 0.0299. The van der Waals surface area contributed by atoms with Gasteiger partial charge in [-0.25, -0.2) is 9.99 Å². The van der Waals surface area contributed by atoms with E-state index in [0.717, 1.165) is 48.2 Å². The molecule has 3 atom stereocenters. The molecule has 178 valence electrons. The first-order valence-corrected chi connectivity index (χ1v) is 12.0. The highest BCUT2D eigenvalue weighted by Gasteiger charge is 2.47. The van der Waals surface area contributed by atoms with Crippen molar-refractivity contribution in [3.8, 4) is 22.9 Å². The number of imidazole rings is 1. The van der Waals surface area contributed by atoms with Crippen molar-refractivity contribution >= 4 is 16.9 Å². The second kappa shape index (κ2) is 8.74. The molecule has 3 heterocycles. The molecule has 4 aromatic rings. The molecule has 2 saturated heterocycles. The number of hydrazine groups is 1. The fourth-order valence-corrected chi connectivity index (χ4v) is 5.49. The van der Waals surface area contributed by atoms with Crippen LogP contribution in [0.2, 0.25) is 0 Å². The number of nitrogens with zero attached hydrogens (tertiary/aromatic N) is 3. The zero-order valence-electron chi connectivity index (χ0n) is 19.9. The second-order valence-electron chi connectivity index (χ2n) is 9.22. The van der Waals surface area contributed by atoms with Gasteiger partial charge in [-0.3, -0.25) is 9.80 Å². The number of carbonyl (C=O) groups excluding carboxylic acids is 1. The number of aromatic nitrogens is 2. The quantitative estimate of drug-likeness (QED) is 0.444. The number of aromatic amines is 1. The summed E-state index contributed by atoms with van der Waals surface area (Å²) in [6.45, 7) is 0.922. The van der Waals surface area contributed by atoms with Gasteiger partial charge in [0.15, 0.2) is 0 Å². The molecule has 3 unspecified atom stereocenters. The fraction of sp³-hybridized carbons (Fsp3) is 0.286. The van der Waals surface area contributed by atoms with Crippen molar-refractivity contribution in [2.45, 2.75) is 31.3 Å².